The van der Waals surface area contributed by atoms with Crippen LogP contribution in [0.1, 0.15) is 24.7 Å². The van der Waals surface area contributed by atoms with E-state index in [2.05, 4.69) is 18.0 Å². The SMILES string of the molecule is CC[NH+](CCCn1c(C(Cl)(Cl)Cl)nc2ccccc2c1=O)CCc1ccc(OC)c(OC)c1.O=C([O-])C(=O)O. The molecule has 0 saturated heterocycles. The molecule has 3 aromatic rings. The number of rotatable bonds is 10. The minimum atomic E-state index is -2.07. The summed E-state index contributed by atoms with van der Waals surface area (Å²) in [4.78, 5) is 37.0. The Kier molecular flexibility index (Phi) is 12.3. The fourth-order valence-corrected chi connectivity index (χ4v) is 4.35. The Labute approximate surface area is 240 Å². The van der Waals surface area contributed by atoms with Crippen LogP contribution < -0.4 is 25.0 Å². The molecule has 0 spiro atoms. The molecule has 1 unspecified atom stereocenters. The first-order valence-electron chi connectivity index (χ1n) is 12.0. The van der Waals surface area contributed by atoms with Crippen LogP contribution in [0.3, 0.4) is 0 Å². The number of nitrogens with one attached hydrogen (secondary N) is 1. The van der Waals surface area contributed by atoms with Crippen LogP contribution in [0.4, 0.5) is 0 Å². The van der Waals surface area contributed by atoms with Crippen molar-refractivity contribution in [3.05, 3.63) is 64.2 Å². The maximum Gasteiger partial charge on any atom is 0.351 e. The van der Waals surface area contributed by atoms with Gasteiger partial charge in [-0.25, -0.2) is 9.78 Å². The lowest BCUT2D eigenvalue weighted by atomic mass is 10.1. The van der Waals surface area contributed by atoms with E-state index in [1.54, 1.807) is 26.4 Å². The highest BCUT2D eigenvalue weighted by Crippen LogP contribution is 2.37. The fourth-order valence-electron chi connectivity index (χ4n) is 3.91. The molecule has 1 heterocycles. The van der Waals surface area contributed by atoms with E-state index in [0.717, 1.165) is 44.0 Å². The maximum absolute atomic E-state index is 13.1. The minimum Gasteiger partial charge on any atom is -0.539 e. The topological polar surface area (TPSA) is 135 Å². The Hall–Kier alpha value is -3.05. The van der Waals surface area contributed by atoms with Gasteiger partial charge in [-0.3, -0.25) is 9.36 Å². The summed E-state index contributed by atoms with van der Waals surface area (Å²) in [5.74, 6) is -2.40. The van der Waals surface area contributed by atoms with Crippen molar-refractivity contribution in [2.45, 2.75) is 30.1 Å². The van der Waals surface area contributed by atoms with Gasteiger partial charge in [0.25, 0.3) is 5.56 Å². The molecule has 2 aromatic carbocycles. The van der Waals surface area contributed by atoms with Gasteiger partial charge in [0, 0.05) is 19.4 Å². The number of para-hydroxylation sites is 1. The van der Waals surface area contributed by atoms with Crippen LogP contribution in [-0.4, -0.2) is 60.5 Å². The number of ether oxygens (including phenoxy) is 2. The number of carbonyl (C=O) groups excluding carboxylic acids is 1. The van der Waals surface area contributed by atoms with Gasteiger partial charge < -0.3 is 29.4 Å². The lowest BCUT2D eigenvalue weighted by Crippen LogP contribution is -3.12. The first-order chi connectivity index (χ1) is 18.4. The molecule has 13 heteroatoms. The van der Waals surface area contributed by atoms with E-state index in [0.29, 0.717) is 17.4 Å². The molecule has 2 N–H and O–H groups in total. The average Bonchev–Trinajstić information content (AvgIpc) is 2.91. The maximum atomic E-state index is 13.1. The molecule has 0 aliphatic heterocycles. The summed E-state index contributed by atoms with van der Waals surface area (Å²) in [6.07, 6.45) is 1.66. The van der Waals surface area contributed by atoms with Crippen LogP contribution in [0.2, 0.25) is 0 Å². The molecule has 39 heavy (non-hydrogen) atoms. The number of benzene rings is 2. The Morgan fingerprint density at radius 1 is 1.08 bits per heavy atom. The fraction of sp³-hybridized carbons (Fsp3) is 0.385. The average molecular weight is 603 g/mol. The standard InChI is InChI=1S/C24H28Cl3N3O3.C2H2O4/c1-4-29(15-12-17-10-11-20(32-2)21(16-17)33-3)13-7-14-30-22(31)18-8-5-6-9-19(18)28-23(30)24(25,26)27;3-1(4)2(5)6/h5-6,8-11,16H,4,7,12-15H2,1-3H3;(H,3,4)(H,5,6). The van der Waals surface area contributed by atoms with Crippen molar-refractivity contribution in [2.75, 3.05) is 33.9 Å². The molecule has 0 aliphatic carbocycles. The summed E-state index contributed by atoms with van der Waals surface area (Å²) in [6, 6.07) is 13.1. The second-order valence-corrected chi connectivity index (χ2v) is 10.7. The molecule has 3 rings (SSSR count). The van der Waals surface area contributed by atoms with Crippen molar-refractivity contribution in [1.82, 2.24) is 9.55 Å². The molecular weight excluding hydrogens is 573 g/mol. The summed E-state index contributed by atoms with van der Waals surface area (Å²) in [5.41, 5.74) is 1.52. The largest absolute Gasteiger partial charge is 0.539 e. The second kappa shape index (κ2) is 14.9. The molecule has 0 amide bonds. The zero-order chi connectivity index (χ0) is 29.2. The normalized spacial score (nSPS) is 11.8. The lowest BCUT2D eigenvalue weighted by molar-refractivity contribution is -0.898. The summed E-state index contributed by atoms with van der Waals surface area (Å²) in [5, 5.41) is 16.8. The second-order valence-electron chi connectivity index (χ2n) is 8.40. The quantitative estimate of drug-likeness (QED) is 0.264. The van der Waals surface area contributed by atoms with Crippen LogP contribution in [0.15, 0.2) is 47.3 Å². The van der Waals surface area contributed by atoms with E-state index < -0.39 is 15.7 Å². The Morgan fingerprint density at radius 2 is 1.72 bits per heavy atom. The van der Waals surface area contributed by atoms with Crippen molar-refractivity contribution in [3.8, 4) is 11.5 Å². The zero-order valence-electron chi connectivity index (χ0n) is 21.7. The third-order valence-corrected chi connectivity index (χ3v) is 6.42. The number of nitrogens with zero attached hydrogens (tertiary/aromatic N) is 2. The van der Waals surface area contributed by atoms with Crippen LogP contribution in [0.5, 0.6) is 11.5 Å². The predicted molar refractivity (Wildman–Crippen MR) is 147 cm³/mol. The Bertz CT molecular complexity index is 1330. The molecular formula is C26H30Cl3N3O7. The number of alkyl halides is 3. The molecule has 0 aliphatic rings. The number of carboxylic acid groups (broad SMARTS) is 2. The van der Waals surface area contributed by atoms with Crippen molar-refractivity contribution in [2.24, 2.45) is 0 Å². The number of hydrogen-bond acceptors (Lipinski definition) is 7. The van der Waals surface area contributed by atoms with Crippen molar-refractivity contribution >= 4 is 57.6 Å². The number of carbonyl (C=O) groups is 2. The molecule has 10 nitrogen and oxygen atoms in total. The first-order valence-corrected chi connectivity index (χ1v) is 13.1. The minimum absolute atomic E-state index is 0.152. The van der Waals surface area contributed by atoms with Gasteiger partial charge in [0.1, 0.15) is 0 Å². The number of aliphatic carboxylic acids is 2. The zero-order valence-corrected chi connectivity index (χ0v) is 24.0. The molecule has 0 radical (unpaired) electrons. The first kappa shape index (κ1) is 32.2. The van der Waals surface area contributed by atoms with Gasteiger partial charge in [-0.1, -0.05) is 53.0 Å². The van der Waals surface area contributed by atoms with Gasteiger partial charge in [0.2, 0.25) is 3.79 Å². The highest BCUT2D eigenvalue weighted by molar-refractivity contribution is 6.66. The molecule has 1 aromatic heterocycles. The number of hydrogen-bond donors (Lipinski definition) is 2. The van der Waals surface area contributed by atoms with Crippen molar-refractivity contribution in [1.29, 1.82) is 0 Å². The summed E-state index contributed by atoms with van der Waals surface area (Å²) in [7, 11) is 3.27. The van der Waals surface area contributed by atoms with Crippen LogP contribution in [0, 0.1) is 0 Å². The van der Waals surface area contributed by atoms with Crippen molar-refractivity contribution in [3.63, 3.8) is 0 Å². The number of halogens is 3. The van der Waals surface area contributed by atoms with Crippen LogP contribution in [0.25, 0.3) is 10.9 Å². The Balaban J connectivity index is 0.000000798. The van der Waals surface area contributed by atoms with Gasteiger partial charge in [0.05, 0.1) is 44.8 Å². The van der Waals surface area contributed by atoms with E-state index in [4.69, 9.17) is 64.1 Å². The van der Waals surface area contributed by atoms with Gasteiger partial charge in [-0.2, -0.15) is 0 Å². The van der Waals surface area contributed by atoms with Crippen LogP contribution in [-0.2, 0) is 26.3 Å². The highest BCUT2D eigenvalue weighted by atomic mass is 35.6. The van der Waals surface area contributed by atoms with E-state index in [-0.39, 0.29) is 11.4 Å². The number of likely N-dealkylation sites (N-methyl/N-ethyl adjacent to an activating group) is 1. The molecule has 0 fully saturated rings. The lowest BCUT2D eigenvalue weighted by Gasteiger charge is -2.21. The molecule has 0 bridgehead atoms. The van der Waals surface area contributed by atoms with Gasteiger partial charge in [-0.05, 0) is 36.8 Å². The van der Waals surface area contributed by atoms with E-state index in [1.807, 2.05) is 24.3 Å². The van der Waals surface area contributed by atoms with Gasteiger partial charge >= 0.3 is 5.97 Å². The number of fused-ring (bicyclic) bond motifs is 1. The Morgan fingerprint density at radius 3 is 2.28 bits per heavy atom. The summed E-state index contributed by atoms with van der Waals surface area (Å²) < 4.78 is 10.4. The predicted octanol–water partition coefficient (Wildman–Crippen LogP) is 1.60. The monoisotopic (exact) mass is 601 g/mol. The smallest absolute Gasteiger partial charge is 0.351 e. The van der Waals surface area contributed by atoms with Crippen molar-refractivity contribution < 1.29 is 34.2 Å². The van der Waals surface area contributed by atoms with E-state index in [9.17, 15) is 4.79 Å². The van der Waals surface area contributed by atoms with Gasteiger partial charge in [-0.15, -0.1) is 0 Å². The molecule has 212 valence electrons. The summed E-state index contributed by atoms with van der Waals surface area (Å²) >= 11 is 18.5. The number of carboxylic acids is 2. The number of quaternary nitrogens is 1. The number of aromatic nitrogens is 2. The van der Waals surface area contributed by atoms with Crippen LogP contribution >= 0.6 is 34.8 Å². The molecule has 1 atom stereocenters. The highest BCUT2D eigenvalue weighted by Gasteiger charge is 2.30. The summed E-state index contributed by atoms with van der Waals surface area (Å²) in [6.45, 7) is 5.38. The third kappa shape index (κ3) is 9.28. The van der Waals surface area contributed by atoms with Gasteiger partial charge in [0.15, 0.2) is 23.3 Å². The number of methoxy groups -OCH3 is 2. The molecule has 0 saturated carbocycles. The van der Waals surface area contributed by atoms with E-state index >= 15 is 0 Å². The van der Waals surface area contributed by atoms with E-state index in [1.165, 1.54) is 15.0 Å². The third-order valence-electron chi connectivity index (χ3n) is 5.92.